The summed E-state index contributed by atoms with van der Waals surface area (Å²) in [6.45, 7) is 5.42. The molecule has 0 aromatic heterocycles. The maximum Gasteiger partial charge on any atom is 0.0706 e. The minimum absolute atomic E-state index is 0.393. The first-order valence-corrected chi connectivity index (χ1v) is 5.69. The molecule has 1 rings (SSSR count). The van der Waals surface area contributed by atoms with Crippen molar-refractivity contribution in [2.45, 2.75) is 38.5 Å². The van der Waals surface area contributed by atoms with Gasteiger partial charge in [-0.2, -0.15) is 0 Å². The summed E-state index contributed by atoms with van der Waals surface area (Å²) < 4.78 is 5.68. The summed E-state index contributed by atoms with van der Waals surface area (Å²) >= 11 is 3.45. The molecule has 1 fully saturated rings. The minimum atomic E-state index is 0.393. The van der Waals surface area contributed by atoms with E-state index in [1.54, 1.807) is 0 Å². The number of hydrogen-bond donors (Lipinski definition) is 0. The second-order valence-corrected chi connectivity index (χ2v) is 4.42. The number of halogens is 1. The Morgan fingerprint density at radius 1 is 1.50 bits per heavy atom. The van der Waals surface area contributed by atoms with E-state index in [0.29, 0.717) is 18.2 Å². The average Bonchev–Trinajstić information content (AvgIpc) is 2.30. The van der Waals surface area contributed by atoms with Crippen LogP contribution in [0.2, 0.25) is 0 Å². The van der Waals surface area contributed by atoms with Crippen LogP contribution < -0.4 is 0 Å². The maximum absolute atomic E-state index is 5.68. The first-order chi connectivity index (χ1) is 5.65. The zero-order chi connectivity index (χ0) is 9.14. The molecule has 0 aromatic rings. The van der Waals surface area contributed by atoms with Gasteiger partial charge in [0.2, 0.25) is 0 Å². The summed E-state index contributed by atoms with van der Waals surface area (Å²) in [5.41, 5.74) is 0. The maximum atomic E-state index is 5.68. The third-order valence-corrected chi connectivity index (χ3v) is 2.92. The van der Waals surface area contributed by atoms with Gasteiger partial charge < -0.3 is 4.74 Å². The molecule has 1 aliphatic rings. The van der Waals surface area contributed by atoms with Crippen LogP contribution in [0.4, 0.5) is 0 Å². The van der Waals surface area contributed by atoms with Crippen molar-refractivity contribution in [3.05, 3.63) is 0 Å². The van der Waals surface area contributed by atoms with Gasteiger partial charge in [-0.3, -0.25) is 4.90 Å². The minimum Gasteiger partial charge on any atom is -0.374 e. The third-order valence-electron chi connectivity index (χ3n) is 2.57. The second-order valence-electron chi connectivity index (χ2n) is 3.62. The van der Waals surface area contributed by atoms with E-state index >= 15 is 0 Å². The Hall–Kier alpha value is 0.400. The largest absolute Gasteiger partial charge is 0.374 e. The molecule has 0 saturated carbocycles. The molecular weight excluding hydrogens is 218 g/mol. The van der Waals surface area contributed by atoms with Gasteiger partial charge in [0, 0.05) is 17.9 Å². The molecule has 1 saturated heterocycles. The van der Waals surface area contributed by atoms with Gasteiger partial charge in [-0.05, 0) is 27.3 Å². The fraction of sp³-hybridized carbons (Fsp3) is 1.00. The van der Waals surface area contributed by atoms with E-state index in [1.165, 1.54) is 6.42 Å². The van der Waals surface area contributed by atoms with Crippen molar-refractivity contribution in [1.82, 2.24) is 4.90 Å². The zero-order valence-electron chi connectivity index (χ0n) is 8.09. The van der Waals surface area contributed by atoms with Gasteiger partial charge in [0.25, 0.3) is 0 Å². The summed E-state index contributed by atoms with van der Waals surface area (Å²) in [7, 11) is 2.17. The Bertz CT molecular complexity index is 142. The van der Waals surface area contributed by atoms with Crippen molar-refractivity contribution in [3.63, 3.8) is 0 Å². The summed E-state index contributed by atoms with van der Waals surface area (Å²) in [4.78, 5) is 2.38. The van der Waals surface area contributed by atoms with Crippen LogP contribution in [0.1, 0.15) is 20.3 Å². The van der Waals surface area contributed by atoms with Crippen LogP contribution in [-0.2, 0) is 4.74 Å². The quantitative estimate of drug-likeness (QED) is 0.694. The van der Waals surface area contributed by atoms with E-state index < -0.39 is 0 Å². The van der Waals surface area contributed by atoms with Crippen LogP contribution in [-0.4, -0.2) is 42.1 Å². The van der Waals surface area contributed by atoms with E-state index in [4.69, 9.17) is 4.74 Å². The van der Waals surface area contributed by atoms with Gasteiger partial charge in [-0.25, -0.2) is 0 Å². The molecule has 0 radical (unpaired) electrons. The lowest BCUT2D eigenvalue weighted by Gasteiger charge is -2.25. The zero-order valence-corrected chi connectivity index (χ0v) is 9.67. The van der Waals surface area contributed by atoms with E-state index in [-0.39, 0.29) is 0 Å². The molecule has 1 heterocycles. The Balaban J connectivity index is 2.40. The van der Waals surface area contributed by atoms with Crippen LogP contribution in [0.15, 0.2) is 0 Å². The van der Waals surface area contributed by atoms with Crippen LogP contribution in [0.3, 0.4) is 0 Å². The van der Waals surface area contributed by atoms with Gasteiger partial charge in [-0.15, -0.1) is 0 Å². The summed E-state index contributed by atoms with van der Waals surface area (Å²) in [6, 6.07) is 0.609. The molecule has 0 bridgehead atoms. The van der Waals surface area contributed by atoms with Crippen molar-refractivity contribution in [3.8, 4) is 0 Å². The van der Waals surface area contributed by atoms with E-state index in [0.717, 1.165) is 11.9 Å². The van der Waals surface area contributed by atoms with E-state index in [1.807, 2.05) is 0 Å². The van der Waals surface area contributed by atoms with Crippen molar-refractivity contribution in [2.24, 2.45) is 0 Å². The number of hydrogen-bond acceptors (Lipinski definition) is 2. The van der Waals surface area contributed by atoms with Crippen molar-refractivity contribution in [1.29, 1.82) is 0 Å². The van der Waals surface area contributed by atoms with Crippen molar-refractivity contribution < 1.29 is 4.74 Å². The molecule has 3 heteroatoms. The fourth-order valence-corrected chi connectivity index (χ4v) is 2.44. The first kappa shape index (κ1) is 10.5. The molecule has 3 atom stereocenters. The van der Waals surface area contributed by atoms with Crippen LogP contribution in [0.5, 0.6) is 0 Å². The second kappa shape index (κ2) is 4.58. The topological polar surface area (TPSA) is 12.5 Å². The predicted molar refractivity (Wildman–Crippen MR) is 54.8 cm³/mol. The third kappa shape index (κ3) is 2.44. The monoisotopic (exact) mass is 235 g/mol. The highest BCUT2D eigenvalue weighted by Crippen LogP contribution is 2.23. The normalized spacial score (nSPS) is 36.2. The van der Waals surface area contributed by atoms with Gasteiger partial charge >= 0.3 is 0 Å². The van der Waals surface area contributed by atoms with Gasteiger partial charge in [-0.1, -0.05) is 15.9 Å². The molecule has 72 valence electrons. The Morgan fingerprint density at radius 2 is 2.17 bits per heavy atom. The van der Waals surface area contributed by atoms with Crippen molar-refractivity contribution >= 4 is 15.9 Å². The molecule has 0 aromatic carbocycles. The van der Waals surface area contributed by atoms with Crippen LogP contribution in [0.25, 0.3) is 0 Å². The highest BCUT2D eigenvalue weighted by atomic mass is 79.9. The lowest BCUT2D eigenvalue weighted by atomic mass is 10.1. The Morgan fingerprint density at radius 3 is 2.58 bits per heavy atom. The Labute approximate surface area is 83.4 Å². The summed E-state index contributed by atoms with van der Waals surface area (Å²) in [6.07, 6.45) is 2.00. The molecule has 0 spiro atoms. The summed E-state index contributed by atoms with van der Waals surface area (Å²) in [5, 5.41) is 1.04. The number of ether oxygens (including phenoxy) is 1. The number of rotatable bonds is 3. The molecular formula is C9H18BrNO. The molecule has 3 unspecified atom stereocenters. The van der Waals surface area contributed by atoms with E-state index in [9.17, 15) is 0 Å². The molecule has 0 amide bonds. The molecule has 2 nitrogen and oxygen atoms in total. The Kier molecular flexibility index (Phi) is 4.00. The van der Waals surface area contributed by atoms with Gasteiger partial charge in [0.1, 0.15) is 0 Å². The number of nitrogens with zero attached hydrogens (tertiary/aromatic N) is 1. The smallest absolute Gasteiger partial charge is 0.0706 e. The van der Waals surface area contributed by atoms with E-state index in [2.05, 4.69) is 41.7 Å². The lowest BCUT2D eigenvalue weighted by Crippen LogP contribution is -2.37. The number of alkyl halides is 1. The first-order valence-electron chi connectivity index (χ1n) is 4.56. The highest BCUT2D eigenvalue weighted by Gasteiger charge is 2.31. The number of likely N-dealkylation sites (N-methyl/N-ethyl adjacent to an activating group) is 1. The molecule has 0 N–H and O–H groups in total. The predicted octanol–water partition coefficient (Wildman–Crippen LogP) is 1.88. The van der Waals surface area contributed by atoms with Crippen molar-refractivity contribution in [2.75, 3.05) is 18.9 Å². The van der Waals surface area contributed by atoms with Gasteiger partial charge in [0.15, 0.2) is 0 Å². The van der Waals surface area contributed by atoms with Gasteiger partial charge in [0.05, 0.1) is 12.2 Å². The SMILES string of the molecule is CC1CC(N(C)CCBr)C(C)O1. The average molecular weight is 236 g/mol. The van der Waals surface area contributed by atoms with Crippen LogP contribution >= 0.6 is 15.9 Å². The highest BCUT2D eigenvalue weighted by molar-refractivity contribution is 9.09. The summed E-state index contributed by atoms with van der Waals surface area (Å²) in [5.74, 6) is 0. The molecule has 0 aliphatic carbocycles. The lowest BCUT2D eigenvalue weighted by molar-refractivity contribution is 0.0467. The fourth-order valence-electron chi connectivity index (χ4n) is 1.88. The molecule has 1 aliphatic heterocycles. The standard InChI is InChI=1S/C9H18BrNO/c1-7-6-9(8(2)12-7)11(3)5-4-10/h7-9H,4-6H2,1-3H3. The van der Waals surface area contributed by atoms with Crippen LogP contribution in [0, 0.1) is 0 Å². The molecule has 12 heavy (non-hydrogen) atoms.